The van der Waals surface area contributed by atoms with Crippen LogP contribution in [-0.4, -0.2) is 23.0 Å². The number of anilines is 1. The van der Waals surface area contributed by atoms with Crippen molar-refractivity contribution in [2.45, 2.75) is 26.8 Å². The summed E-state index contributed by atoms with van der Waals surface area (Å²) in [7, 11) is 0. The summed E-state index contributed by atoms with van der Waals surface area (Å²) in [5, 5.41) is 15.6. The Labute approximate surface area is 152 Å². The topological polar surface area (TPSA) is 78.4 Å². The summed E-state index contributed by atoms with van der Waals surface area (Å²) in [5.74, 6) is -0.975. The first kappa shape index (κ1) is 18.8. The van der Waals surface area contributed by atoms with E-state index >= 15 is 0 Å². The maximum atomic E-state index is 12.6. The zero-order chi connectivity index (χ0) is 18.6. The summed E-state index contributed by atoms with van der Waals surface area (Å²) in [4.78, 5) is 25.1. The smallest absolute Gasteiger partial charge is 0.252 e. The molecule has 2 amide bonds. The summed E-state index contributed by atoms with van der Waals surface area (Å²) < 4.78 is 0. The van der Waals surface area contributed by atoms with Crippen LogP contribution in [0.25, 0.3) is 0 Å². The van der Waals surface area contributed by atoms with Gasteiger partial charge in [-0.2, -0.15) is 0 Å². The summed E-state index contributed by atoms with van der Waals surface area (Å²) in [6.07, 6.45) is 0. The van der Waals surface area contributed by atoms with Crippen LogP contribution in [-0.2, 0) is 4.79 Å². The molecule has 0 aliphatic carbocycles. The molecule has 2 aromatic carbocycles. The second kappa shape index (κ2) is 8.03. The number of nitrogens with one attached hydrogen (secondary N) is 2. The standard InChI is InChI=1S/C19H21ClN2O3/c1-11(2)17(22-18(24)14-7-5-4-6-12(14)3)19(25)21-15-10-13(20)8-9-16(15)23/h4-11,17,23H,1-3H3,(H,21,25)(H,22,24). The first-order valence-electron chi connectivity index (χ1n) is 7.95. The molecular weight excluding hydrogens is 340 g/mol. The van der Waals surface area contributed by atoms with Crippen LogP contribution in [0.1, 0.15) is 29.8 Å². The highest BCUT2D eigenvalue weighted by Gasteiger charge is 2.25. The van der Waals surface area contributed by atoms with Crippen LogP contribution >= 0.6 is 11.6 Å². The van der Waals surface area contributed by atoms with E-state index in [1.54, 1.807) is 12.1 Å². The Bertz CT molecular complexity index is 790. The Kier molecular flexibility index (Phi) is 6.04. The fourth-order valence-corrected chi connectivity index (χ4v) is 2.57. The van der Waals surface area contributed by atoms with Gasteiger partial charge in [-0.3, -0.25) is 9.59 Å². The maximum Gasteiger partial charge on any atom is 0.252 e. The Hall–Kier alpha value is -2.53. The van der Waals surface area contributed by atoms with Crippen molar-refractivity contribution in [3.8, 4) is 5.75 Å². The fraction of sp³-hybridized carbons (Fsp3) is 0.263. The van der Waals surface area contributed by atoms with Gasteiger partial charge >= 0.3 is 0 Å². The van der Waals surface area contributed by atoms with Crippen LogP contribution in [0, 0.1) is 12.8 Å². The van der Waals surface area contributed by atoms with Gasteiger partial charge in [0.15, 0.2) is 0 Å². The number of phenols is 1. The lowest BCUT2D eigenvalue weighted by Crippen LogP contribution is -2.47. The minimum Gasteiger partial charge on any atom is -0.506 e. The number of phenolic OH excluding ortho intramolecular Hbond substituents is 1. The third-order valence-corrected chi connectivity index (χ3v) is 4.08. The maximum absolute atomic E-state index is 12.6. The highest BCUT2D eigenvalue weighted by molar-refractivity contribution is 6.31. The molecule has 0 spiro atoms. The van der Waals surface area contributed by atoms with Gasteiger partial charge in [-0.05, 0) is 42.7 Å². The minimum absolute atomic E-state index is 0.0921. The van der Waals surface area contributed by atoms with E-state index in [0.29, 0.717) is 10.6 Å². The van der Waals surface area contributed by atoms with Gasteiger partial charge in [-0.25, -0.2) is 0 Å². The summed E-state index contributed by atoms with van der Waals surface area (Å²) in [6.45, 7) is 5.50. The number of aryl methyl sites for hydroxylation is 1. The monoisotopic (exact) mass is 360 g/mol. The van der Waals surface area contributed by atoms with Crippen molar-refractivity contribution in [3.05, 3.63) is 58.6 Å². The van der Waals surface area contributed by atoms with Crippen LogP contribution in [0.4, 0.5) is 5.69 Å². The van der Waals surface area contributed by atoms with Gasteiger partial charge in [0.25, 0.3) is 5.91 Å². The van der Waals surface area contributed by atoms with Crippen molar-refractivity contribution >= 4 is 29.1 Å². The Morgan fingerprint density at radius 3 is 2.44 bits per heavy atom. The first-order chi connectivity index (χ1) is 11.8. The Balaban J connectivity index is 2.17. The van der Waals surface area contributed by atoms with E-state index in [9.17, 15) is 14.7 Å². The van der Waals surface area contributed by atoms with E-state index < -0.39 is 11.9 Å². The molecule has 1 unspecified atom stereocenters. The number of carbonyl (C=O) groups is 2. The molecule has 5 nitrogen and oxygen atoms in total. The molecule has 0 bridgehead atoms. The highest BCUT2D eigenvalue weighted by atomic mass is 35.5. The van der Waals surface area contributed by atoms with Crippen molar-refractivity contribution in [1.29, 1.82) is 0 Å². The molecule has 1 atom stereocenters. The van der Waals surface area contributed by atoms with Crippen LogP contribution in [0.2, 0.25) is 5.02 Å². The number of halogens is 1. The van der Waals surface area contributed by atoms with Crippen molar-refractivity contribution in [2.24, 2.45) is 5.92 Å². The number of hydrogen-bond donors (Lipinski definition) is 3. The van der Waals surface area contributed by atoms with Gasteiger partial charge in [-0.1, -0.05) is 43.6 Å². The van der Waals surface area contributed by atoms with Crippen molar-refractivity contribution < 1.29 is 14.7 Å². The van der Waals surface area contributed by atoms with Crippen LogP contribution in [0.15, 0.2) is 42.5 Å². The predicted molar refractivity (Wildman–Crippen MR) is 99.0 cm³/mol. The molecule has 25 heavy (non-hydrogen) atoms. The minimum atomic E-state index is -0.759. The third-order valence-electron chi connectivity index (χ3n) is 3.84. The average Bonchev–Trinajstić information content (AvgIpc) is 2.55. The fourth-order valence-electron chi connectivity index (χ4n) is 2.40. The van der Waals surface area contributed by atoms with E-state index in [1.165, 1.54) is 18.2 Å². The molecule has 0 heterocycles. The average molecular weight is 361 g/mol. The van der Waals surface area contributed by atoms with Crippen LogP contribution in [0.5, 0.6) is 5.75 Å². The van der Waals surface area contributed by atoms with Gasteiger partial charge in [0, 0.05) is 10.6 Å². The first-order valence-corrected chi connectivity index (χ1v) is 8.33. The lowest BCUT2D eigenvalue weighted by atomic mass is 10.0. The molecule has 0 fully saturated rings. The molecule has 0 aliphatic heterocycles. The summed E-state index contributed by atoms with van der Waals surface area (Å²) >= 11 is 5.89. The normalized spacial score (nSPS) is 11.9. The van der Waals surface area contributed by atoms with Crippen molar-refractivity contribution in [2.75, 3.05) is 5.32 Å². The zero-order valence-corrected chi connectivity index (χ0v) is 15.1. The van der Waals surface area contributed by atoms with E-state index in [4.69, 9.17) is 11.6 Å². The van der Waals surface area contributed by atoms with Gasteiger partial charge in [0.2, 0.25) is 5.91 Å². The van der Waals surface area contributed by atoms with Gasteiger partial charge in [0.1, 0.15) is 11.8 Å². The molecule has 0 saturated carbocycles. The Morgan fingerprint density at radius 1 is 1.12 bits per heavy atom. The number of aromatic hydroxyl groups is 1. The molecule has 0 saturated heterocycles. The van der Waals surface area contributed by atoms with Crippen LogP contribution < -0.4 is 10.6 Å². The molecule has 0 radical (unpaired) electrons. The van der Waals surface area contributed by atoms with E-state index in [0.717, 1.165) is 5.56 Å². The van der Waals surface area contributed by atoms with Crippen molar-refractivity contribution in [3.63, 3.8) is 0 Å². The number of rotatable bonds is 5. The largest absolute Gasteiger partial charge is 0.506 e. The molecule has 3 N–H and O–H groups in total. The van der Waals surface area contributed by atoms with Crippen molar-refractivity contribution in [1.82, 2.24) is 5.32 Å². The molecule has 6 heteroatoms. The van der Waals surface area contributed by atoms with Gasteiger partial charge < -0.3 is 15.7 Å². The lowest BCUT2D eigenvalue weighted by Gasteiger charge is -2.22. The van der Waals surface area contributed by atoms with E-state index in [1.807, 2.05) is 32.9 Å². The SMILES string of the molecule is Cc1ccccc1C(=O)NC(C(=O)Nc1cc(Cl)ccc1O)C(C)C. The number of benzene rings is 2. The summed E-state index contributed by atoms with van der Waals surface area (Å²) in [5.41, 5.74) is 1.55. The zero-order valence-electron chi connectivity index (χ0n) is 14.3. The third kappa shape index (κ3) is 4.73. The molecule has 132 valence electrons. The quantitative estimate of drug-likeness (QED) is 0.710. The second-order valence-corrected chi connectivity index (χ2v) is 6.60. The number of amides is 2. The van der Waals surface area contributed by atoms with Gasteiger partial charge in [0.05, 0.1) is 5.69 Å². The molecule has 2 aromatic rings. The van der Waals surface area contributed by atoms with E-state index in [2.05, 4.69) is 10.6 Å². The van der Waals surface area contributed by atoms with Crippen LogP contribution in [0.3, 0.4) is 0 Å². The molecular formula is C19H21ClN2O3. The summed E-state index contributed by atoms with van der Waals surface area (Å²) in [6, 6.07) is 10.8. The molecule has 0 aromatic heterocycles. The highest BCUT2D eigenvalue weighted by Crippen LogP contribution is 2.27. The molecule has 2 rings (SSSR count). The number of hydrogen-bond acceptors (Lipinski definition) is 3. The van der Waals surface area contributed by atoms with E-state index in [-0.39, 0.29) is 23.3 Å². The Morgan fingerprint density at radius 2 is 1.80 bits per heavy atom. The number of carbonyl (C=O) groups excluding carboxylic acids is 2. The predicted octanol–water partition coefficient (Wildman–Crippen LogP) is 3.75. The van der Waals surface area contributed by atoms with Gasteiger partial charge in [-0.15, -0.1) is 0 Å². The molecule has 0 aliphatic rings. The lowest BCUT2D eigenvalue weighted by molar-refractivity contribution is -0.118. The second-order valence-electron chi connectivity index (χ2n) is 6.16.